The number of aromatic nitrogens is 3. The van der Waals surface area contributed by atoms with Crippen molar-refractivity contribution >= 4 is 22.8 Å². The molecule has 114 valence electrons. The Morgan fingerprint density at radius 2 is 2.27 bits per heavy atom. The number of amides is 2. The molecule has 0 spiro atoms. The van der Waals surface area contributed by atoms with E-state index in [2.05, 4.69) is 20.7 Å². The number of carbonyl (C=O) groups is 1. The highest BCUT2D eigenvalue weighted by molar-refractivity contribution is 5.91. The number of pyridine rings is 1. The molecule has 0 aromatic carbocycles. The molecule has 3 aromatic heterocycles. The molecule has 0 radical (unpaired) electrons. The first kappa shape index (κ1) is 14.1. The lowest BCUT2D eigenvalue weighted by Gasteiger charge is -2.08. The molecule has 0 fully saturated rings. The summed E-state index contributed by atoms with van der Waals surface area (Å²) in [5.41, 5.74) is 2.33. The van der Waals surface area contributed by atoms with Crippen LogP contribution in [0.4, 0.5) is 10.5 Å². The van der Waals surface area contributed by atoms with Gasteiger partial charge in [-0.2, -0.15) is 5.10 Å². The minimum absolute atomic E-state index is 0.238. The fraction of sp³-hybridized carbons (Fsp3) is 0.267. The van der Waals surface area contributed by atoms with E-state index in [4.69, 9.17) is 4.42 Å². The Labute approximate surface area is 127 Å². The van der Waals surface area contributed by atoms with Crippen molar-refractivity contribution in [1.82, 2.24) is 20.1 Å². The molecule has 22 heavy (non-hydrogen) atoms. The summed E-state index contributed by atoms with van der Waals surface area (Å²) in [7, 11) is 0. The molecule has 7 nitrogen and oxygen atoms in total. The third-order valence-corrected chi connectivity index (χ3v) is 3.21. The molecule has 2 amide bonds. The summed E-state index contributed by atoms with van der Waals surface area (Å²) in [5.74, 6) is 0. The van der Waals surface area contributed by atoms with E-state index >= 15 is 0 Å². The van der Waals surface area contributed by atoms with Gasteiger partial charge in [-0.05, 0) is 26.0 Å². The molecule has 0 unspecified atom stereocenters. The molecule has 3 rings (SSSR count). The van der Waals surface area contributed by atoms with Crippen LogP contribution < -0.4 is 10.6 Å². The van der Waals surface area contributed by atoms with Crippen molar-refractivity contribution in [1.29, 1.82) is 0 Å². The van der Waals surface area contributed by atoms with Crippen molar-refractivity contribution < 1.29 is 9.21 Å². The normalized spacial score (nSPS) is 11.0. The Morgan fingerprint density at radius 3 is 3.00 bits per heavy atom. The van der Waals surface area contributed by atoms with E-state index in [1.165, 1.54) is 0 Å². The van der Waals surface area contributed by atoms with Crippen molar-refractivity contribution in [2.45, 2.75) is 26.4 Å². The summed E-state index contributed by atoms with van der Waals surface area (Å²) in [6.07, 6.45) is 6.53. The first-order valence-corrected chi connectivity index (χ1v) is 7.02. The van der Waals surface area contributed by atoms with E-state index in [1.807, 2.05) is 24.6 Å². The predicted molar refractivity (Wildman–Crippen MR) is 82.5 cm³/mol. The summed E-state index contributed by atoms with van der Waals surface area (Å²) >= 11 is 0. The number of nitrogens with one attached hydrogen (secondary N) is 2. The Hall–Kier alpha value is -2.83. The lowest BCUT2D eigenvalue weighted by atomic mass is 10.3. The summed E-state index contributed by atoms with van der Waals surface area (Å²) in [6, 6.07) is 3.60. The van der Waals surface area contributed by atoms with Gasteiger partial charge in [0.2, 0.25) is 0 Å². The molecule has 2 N–H and O–H groups in total. The van der Waals surface area contributed by atoms with Crippen molar-refractivity contribution in [2.24, 2.45) is 0 Å². The zero-order valence-electron chi connectivity index (χ0n) is 12.4. The average molecular weight is 299 g/mol. The zero-order valence-corrected chi connectivity index (χ0v) is 12.4. The highest BCUT2D eigenvalue weighted by Crippen LogP contribution is 2.18. The van der Waals surface area contributed by atoms with Crippen molar-refractivity contribution in [3.05, 3.63) is 42.6 Å². The average Bonchev–Trinajstić information content (AvgIpc) is 3.14. The van der Waals surface area contributed by atoms with Gasteiger partial charge in [0.1, 0.15) is 0 Å². The molecule has 0 aliphatic heterocycles. The molecular weight excluding hydrogens is 282 g/mol. The maximum absolute atomic E-state index is 11.9. The second-order valence-corrected chi connectivity index (χ2v) is 5.26. The van der Waals surface area contributed by atoms with E-state index in [0.717, 1.165) is 16.6 Å². The number of hydrogen-bond donors (Lipinski definition) is 2. The minimum atomic E-state index is -0.293. The van der Waals surface area contributed by atoms with E-state index in [-0.39, 0.29) is 12.1 Å². The van der Waals surface area contributed by atoms with Crippen LogP contribution in [0.5, 0.6) is 0 Å². The number of urea groups is 1. The van der Waals surface area contributed by atoms with Gasteiger partial charge in [-0.15, -0.1) is 0 Å². The number of hydrogen-bond acceptors (Lipinski definition) is 4. The van der Waals surface area contributed by atoms with Gasteiger partial charge in [0.05, 0.1) is 30.6 Å². The van der Waals surface area contributed by atoms with E-state index < -0.39 is 0 Å². The zero-order chi connectivity index (χ0) is 15.5. The molecule has 7 heteroatoms. The van der Waals surface area contributed by atoms with Gasteiger partial charge >= 0.3 is 6.03 Å². The Bertz CT molecular complexity index is 776. The first-order valence-electron chi connectivity index (χ1n) is 7.02. The smallest absolute Gasteiger partial charge is 0.319 e. The third kappa shape index (κ3) is 2.93. The van der Waals surface area contributed by atoms with Crippen LogP contribution in [0.15, 0.2) is 41.5 Å². The Kier molecular flexibility index (Phi) is 3.78. The lowest BCUT2D eigenvalue weighted by Crippen LogP contribution is -2.28. The Balaban J connectivity index is 1.67. The van der Waals surface area contributed by atoms with Crippen LogP contribution in [0.25, 0.3) is 11.0 Å². The summed E-state index contributed by atoms with van der Waals surface area (Å²) in [6.45, 7) is 4.50. The maximum atomic E-state index is 11.9. The first-order chi connectivity index (χ1) is 10.6. The van der Waals surface area contributed by atoms with Crippen molar-refractivity contribution in [3.8, 4) is 0 Å². The molecule has 3 heterocycles. The van der Waals surface area contributed by atoms with Crippen LogP contribution in [-0.2, 0) is 6.54 Å². The minimum Gasteiger partial charge on any atom is -0.472 e. The highest BCUT2D eigenvalue weighted by atomic mass is 16.3. The largest absolute Gasteiger partial charge is 0.472 e. The van der Waals surface area contributed by atoms with Gasteiger partial charge in [0.25, 0.3) is 0 Å². The lowest BCUT2D eigenvalue weighted by molar-refractivity contribution is 0.251. The SMILES string of the molecule is CC(C)n1ncc2cc(NC(=O)NCc3ccoc3)cnc21. The molecular formula is C15H17N5O2. The second-order valence-electron chi connectivity index (χ2n) is 5.26. The molecule has 0 aliphatic rings. The molecule has 0 saturated heterocycles. The van der Waals surface area contributed by atoms with Crippen LogP contribution in [0, 0.1) is 0 Å². The van der Waals surface area contributed by atoms with Crippen LogP contribution >= 0.6 is 0 Å². The fourth-order valence-electron chi connectivity index (χ4n) is 2.14. The number of anilines is 1. The summed E-state index contributed by atoms with van der Waals surface area (Å²) in [5, 5.41) is 10.7. The number of carbonyl (C=O) groups excluding carboxylic acids is 1. The van der Waals surface area contributed by atoms with Crippen LogP contribution in [0.2, 0.25) is 0 Å². The molecule has 3 aromatic rings. The summed E-state index contributed by atoms with van der Waals surface area (Å²) in [4.78, 5) is 16.2. The van der Waals surface area contributed by atoms with Crippen LogP contribution in [-0.4, -0.2) is 20.8 Å². The van der Waals surface area contributed by atoms with Gasteiger partial charge in [-0.25, -0.2) is 14.5 Å². The van der Waals surface area contributed by atoms with Gasteiger partial charge in [0.15, 0.2) is 5.65 Å². The number of fused-ring (bicyclic) bond motifs is 1. The second kappa shape index (κ2) is 5.88. The van der Waals surface area contributed by atoms with Crippen molar-refractivity contribution in [2.75, 3.05) is 5.32 Å². The predicted octanol–water partition coefficient (Wildman–Crippen LogP) is 2.93. The van der Waals surface area contributed by atoms with Crippen LogP contribution in [0.1, 0.15) is 25.5 Å². The number of rotatable bonds is 4. The topological polar surface area (TPSA) is 85.0 Å². The van der Waals surface area contributed by atoms with Gasteiger partial charge in [-0.3, -0.25) is 0 Å². The Morgan fingerprint density at radius 1 is 1.41 bits per heavy atom. The molecule has 0 bridgehead atoms. The maximum Gasteiger partial charge on any atom is 0.319 e. The van der Waals surface area contributed by atoms with E-state index in [0.29, 0.717) is 12.2 Å². The number of nitrogens with zero attached hydrogens (tertiary/aromatic N) is 3. The standard InChI is InChI=1S/C15H17N5O2/c1-10(2)20-14-12(7-18-20)5-13(8-16-14)19-15(21)17-6-11-3-4-22-9-11/h3-5,7-10H,6H2,1-2H3,(H2,17,19,21). The van der Waals surface area contributed by atoms with E-state index in [1.54, 1.807) is 31.0 Å². The van der Waals surface area contributed by atoms with Crippen LogP contribution in [0.3, 0.4) is 0 Å². The highest BCUT2D eigenvalue weighted by Gasteiger charge is 2.09. The quantitative estimate of drug-likeness (QED) is 0.775. The summed E-state index contributed by atoms with van der Waals surface area (Å²) < 4.78 is 6.79. The van der Waals surface area contributed by atoms with Gasteiger partial charge in [0, 0.05) is 23.5 Å². The fourth-order valence-corrected chi connectivity index (χ4v) is 2.14. The van der Waals surface area contributed by atoms with Crippen molar-refractivity contribution in [3.63, 3.8) is 0 Å². The monoisotopic (exact) mass is 299 g/mol. The molecule has 0 aliphatic carbocycles. The third-order valence-electron chi connectivity index (χ3n) is 3.21. The molecule has 0 atom stereocenters. The molecule has 0 saturated carbocycles. The van der Waals surface area contributed by atoms with Gasteiger partial charge < -0.3 is 15.1 Å². The van der Waals surface area contributed by atoms with E-state index in [9.17, 15) is 4.79 Å². The number of furan rings is 1. The van der Waals surface area contributed by atoms with Gasteiger partial charge in [-0.1, -0.05) is 0 Å².